The van der Waals surface area contributed by atoms with E-state index in [0.717, 1.165) is 65.0 Å². The highest BCUT2D eigenvalue weighted by Gasteiger charge is 2.39. The zero-order chi connectivity index (χ0) is 26.1. The minimum Gasteiger partial charge on any atom is -0.474 e. The maximum atomic E-state index is 13.4. The first-order chi connectivity index (χ1) is 18.5. The van der Waals surface area contributed by atoms with Crippen LogP contribution in [0.1, 0.15) is 49.0 Å². The molecular formula is C30H36N2O6. The molecule has 4 bridgehead atoms. The molecule has 0 radical (unpaired) electrons. The monoisotopic (exact) mass is 520 g/mol. The molecular weight excluding hydrogens is 484 g/mol. The highest BCUT2D eigenvalue weighted by molar-refractivity contribution is 5.78. The molecule has 0 spiro atoms. The van der Waals surface area contributed by atoms with Crippen LogP contribution < -0.4 is 4.74 Å². The summed E-state index contributed by atoms with van der Waals surface area (Å²) in [7, 11) is 0. The Kier molecular flexibility index (Phi) is 7.37. The average Bonchev–Trinajstić information content (AvgIpc) is 2.97. The summed E-state index contributed by atoms with van der Waals surface area (Å²) in [5.74, 6) is 0.0440. The molecule has 6 fully saturated rings. The molecule has 0 aromatic heterocycles. The van der Waals surface area contributed by atoms with Gasteiger partial charge in [0, 0.05) is 18.7 Å². The first kappa shape index (κ1) is 25.3. The van der Waals surface area contributed by atoms with Gasteiger partial charge in [-0.1, -0.05) is 42.5 Å². The van der Waals surface area contributed by atoms with Crippen molar-refractivity contribution in [1.82, 2.24) is 9.80 Å². The maximum Gasteiger partial charge on any atom is 0.352 e. The molecule has 0 aliphatic carbocycles. The molecule has 2 aromatic carbocycles. The second-order valence-corrected chi connectivity index (χ2v) is 11.1. The molecule has 8 nitrogen and oxygen atoms in total. The third kappa shape index (κ3) is 5.44. The van der Waals surface area contributed by atoms with Crippen LogP contribution in [0.3, 0.4) is 0 Å². The van der Waals surface area contributed by atoms with Crippen LogP contribution in [0.15, 0.2) is 54.6 Å². The molecule has 6 aliphatic rings. The summed E-state index contributed by atoms with van der Waals surface area (Å²) in [6.07, 6.45) is 1.44. The Morgan fingerprint density at radius 2 is 1.29 bits per heavy atom. The molecule has 6 aliphatic heterocycles. The summed E-state index contributed by atoms with van der Waals surface area (Å²) in [6.45, 7) is 5.72. The molecule has 8 rings (SSSR count). The van der Waals surface area contributed by atoms with Crippen molar-refractivity contribution in [3.8, 4) is 5.75 Å². The van der Waals surface area contributed by atoms with Crippen LogP contribution in [0.2, 0.25) is 0 Å². The minimum atomic E-state index is -1.43. The third-order valence-electron chi connectivity index (χ3n) is 8.69. The van der Waals surface area contributed by atoms with E-state index in [9.17, 15) is 14.7 Å². The summed E-state index contributed by atoms with van der Waals surface area (Å²) in [6, 6.07) is 16.0. The largest absolute Gasteiger partial charge is 0.474 e. The zero-order valence-electron chi connectivity index (χ0n) is 21.6. The molecule has 6 saturated heterocycles. The van der Waals surface area contributed by atoms with Gasteiger partial charge in [-0.15, -0.1) is 0 Å². The van der Waals surface area contributed by atoms with Crippen molar-refractivity contribution in [1.29, 1.82) is 0 Å². The van der Waals surface area contributed by atoms with Crippen LogP contribution in [0.4, 0.5) is 0 Å². The van der Waals surface area contributed by atoms with Crippen molar-refractivity contribution in [3.05, 3.63) is 65.7 Å². The molecule has 0 saturated carbocycles. The van der Waals surface area contributed by atoms with Crippen LogP contribution in [0, 0.1) is 11.8 Å². The van der Waals surface area contributed by atoms with Gasteiger partial charge in [0.15, 0.2) is 6.10 Å². The lowest BCUT2D eigenvalue weighted by molar-refractivity contribution is -0.169. The lowest BCUT2D eigenvalue weighted by Crippen LogP contribution is -2.52. The Balaban J connectivity index is 1.15. The number of carbonyl (C=O) groups is 2. The van der Waals surface area contributed by atoms with Gasteiger partial charge in [0.25, 0.3) is 0 Å². The van der Waals surface area contributed by atoms with E-state index in [2.05, 4.69) is 9.80 Å². The fourth-order valence-corrected chi connectivity index (χ4v) is 6.42. The fraction of sp³-hybridized carbons (Fsp3) is 0.533. The number of aliphatic hydroxyl groups excluding tert-OH is 1. The number of hydrogen-bond donors (Lipinski definition) is 1. The van der Waals surface area contributed by atoms with E-state index in [0.29, 0.717) is 28.7 Å². The number of carbonyl (C=O) groups excluding carboxylic acids is 2. The number of rotatable bonds is 8. The van der Waals surface area contributed by atoms with Gasteiger partial charge in [-0.25, -0.2) is 9.59 Å². The van der Waals surface area contributed by atoms with Gasteiger partial charge < -0.3 is 19.3 Å². The van der Waals surface area contributed by atoms with E-state index in [4.69, 9.17) is 14.2 Å². The molecule has 6 heterocycles. The van der Waals surface area contributed by atoms with Gasteiger partial charge >= 0.3 is 11.9 Å². The van der Waals surface area contributed by atoms with Gasteiger partial charge in [-0.05, 0) is 81.4 Å². The fourth-order valence-electron chi connectivity index (χ4n) is 6.42. The van der Waals surface area contributed by atoms with Crippen LogP contribution in [-0.4, -0.2) is 78.3 Å². The van der Waals surface area contributed by atoms with E-state index in [1.165, 1.54) is 0 Å². The SMILES string of the molecule is O=C(OC1CN2CCC1CC2)C(O)c1cccc(OC(C(=O)OC2CN3CCC2CC3)c2ccccc2)c1. The number of esters is 2. The van der Waals surface area contributed by atoms with Crippen molar-refractivity contribution in [2.24, 2.45) is 11.8 Å². The van der Waals surface area contributed by atoms with Crippen LogP contribution in [0.25, 0.3) is 0 Å². The van der Waals surface area contributed by atoms with E-state index >= 15 is 0 Å². The molecule has 202 valence electrons. The second kappa shape index (κ2) is 11.0. The third-order valence-corrected chi connectivity index (χ3v) is 8.69. The predicted octanol–water partition coefficient (Wildman–Crippen LogP) is 3.11. The van der Waals surface area contributed by atoms with Gasteiger partial charge in [-0.3, -0.25) is 9.80 Å². The number of aliphatic hydroxyl groups is 1. The zero-order valence-corrected chi connectivity index (χ0v) is 21.6. The number of benzene rings is 2. The summed E-state index contributed by atoms with van der Waals surface area (Å²) in [4.78, 5) is 30.9. The summed E-state index contributed by atoms with van der Waals surface area (Å²) >= 11 is 0. The average molecular weight is 521 g/mol. The van der Waals surface area contributed by atoms with E-state index in [-0.39, 0.29) is 12.2 Å². The van der Waals surface area contributed by atoms with Crippen molar-refractivity contribution >= 4 is 11.9 Å². The van der Waals surface area contributed by atoms with Crippen LogP contribution in [-0.2, 0) is 19.1 Å². The van der Waals surface area contributed by atoms with Crippen LogP contribution in [0.5, 0.6) is 5.75 Å². The van der Waals surface area contributed by atoms with Crippen molar-refractivity contribution in [2.75, 3.05) is 39.3 Å². The molecule has 38 heavy (non-hydrogen) atoms. The first-order valence-corrected chi connectivity index (χ1v) is 13.9. The second-order valence-electron chi connectivity index (χ2n) is 11.1. The number of ether oxygens (including phenoxy) is 3. The molecule has 1 N–H and O–H groups in total. The van der Waals surface area contributed by atoms with E-state index in [1.807, 2.05) is 30.3 Å². The first-order valence-electron chi connectivity index (χ1n) is 13.9. The quantitative estimate of drug-likeness (QED) is 0.532. The number of piperidine rings is 6. The maximum absolute atomic E-state index is 13.4. The summed E-state index contributed by atoms with van der Waals surface area (Å²) in [5, 5.41) is 10.8. The van der Waals surface area contributed by atoms with Crippen LogP contribution >= 0.6 is 0 Å². The minimum absolute atomic E-state index is 0.130. The Hall–Kier alpha value is -2.94. The number of fused-ring (bicyclic) bond motifs is 6. The van der Waals surface area contributed by atoms with E-state index in [1.54, 1.807) is 24.3 Å². The Morgan fingerprint density at radius 3 is 1.84 bits per heavy atom. The van der Waals surface area contributed by atoms with Gasteiger partial charge in [0.1, 0.15) is 18.0 Å². The number of hydrogen-bond acceptors (Lipinski definition) is 8. The lowest BCUT2D eigenvalue weighted by Gasteiger charge is -2.44. The molecule has 4 atom stereocenters. The highest BCUT2D eigenvalue weighted by Crippen LogP contribution is 2.33. The summed E-state index contributed by atoms with van der Waals surface area (Å²) in [5.41, 5.74) is 1.05. The Bertz CT molecular complexity index is 1130. The van der Waals surface area contributed by atoms with Crippen molar-refractivity contribution < 1.29 is 28.9 Å². The standard InChI is InChI=1S/C30H36N2O6/c33-27(29(34)37-25-18-31-13-9-20(25)10-14-31)23-7-4-8-24(17-23)36-28(22-5-2-1-3-6-22)30(35)38-26-19-32-15-11-21(26)12-16-32/h1-8,17,20-21,25-28,33H,9-16,18-19H2. The van der Waals surface area contributed by atoms with Crippen molar-refractivity contribution in [3.63, 3.8) is 0 Å². The lowest BCUT2D eigenvalue weighted by atomic mass is 9.86. The molecule has 0 amide bonds. The Morgan fingerprint density at radius 1 is 0.737 bits per heavy atom. The molecule has 8 heteroatoms. The van der Waals surface area contributed by atoms with Gasteiger partial charge in [-0.2, -0.15) is 0 Å². The Labute approximate surface area is 223 Å². The highest BCUT2D eigenvalue weighted by atomic mass is 16.6. The smallest absolute Gasteiger partial charge is 0.352 e. The predicted molar refractivity (Wildman–Crippen MR) is 139 cm³/mol. The van der Waals surface area contributed by atoms with Crippen molar-refractivity contribution in [2.45, 2.75) is 50.1 Å². The van der Waals surface area contributed by atoms with E-state index < -0.39 is 24.1 Å². The summed E-state index contributed by atoms with van der Waals surface area (Å²) < 4.78 is 17.9. The molecule has 2 aromatic rings. The molecule has 4 unspecified atom stereocenters. The topological polar surface area (TPSA) is 88.5 Å². The number of nitrogens with zero attached hydrogens (tertiary/aromatic N) is 2. The van der Waals surface area contributed by atoms with Gasteiger partial charge in [0.2, 0.25) is 6.10 Å². The van der Waals surface area contributed by atoms with Gasteiger partial charge in [0.05, 0.1) is 0 Å². The normalized spacial score (nSPS) is 31.3.